The molecular weight excluding hydrogens is 132 g/mol. The van der Waals surface area contributed by atoms with Crippen molar-refractivity contribution in [3.05, 3.63) is 23.2 Å². The highest BCUT2D eigenvalue weighted by Crippen LogP contribution is 1.73. The third-order valence-corrected chi connectivity index (χ3v) is 0.804. The fraction of sp³-hybridized carbons (Fsp3) is 0.333. The maximum Gasteiger partial charge on any atom is 0.196 e. The second kappa shape index (κ2) is 5.44. The van der Waals surface area contributed by atoms with Crippen molar-refractivity contribution in [2.75, 3.05) is 0 Å². The van der Waals surface area contributed by atoms with Gasteiger partial charge in [0.1, 0.15) is 0 Å². The van der Waals surface area contributed by atoms with E-state index in [9.17, 15) is 0 Å². The monoisotopic (exact) mass is 142 g/mol. The molecule has 0 bridgehead atoms. The molecule has 0 saturated heterocycles. The van der Waals surface area contributed by atoms with Crippen molar-refractivity contribution in [3.63, 3.8) is 0 Å². The van der Waals surface area contributed by atoms with Crippen molar-refractivity contribution >= 4 is 12.2 Å². The first kappa shape index (κ1) is 8.30. The van der Waals surface area contributed by atoms with Gasteiger partial charge in [-0.3, -0.25) is 0 Å². The molecule has 0 atom stereocenters. The Balaban J connectivity index is 0.000000291. The molecule has 0 spiro atoms. The zero-order chi connectivity index (χ0) is 7.11. The van der Waals surface area contributed by atoms with E-state index in [1.807, 2.05) is 13.8 Å². The van der Waals surface area contributed by atoms with Crippen molar-refractivity contribution in [3.8, 4) is 0 Å². The lowest BCUT2D eigenvalue weighted by Crippen LogP contribution is -1.72. The number of aromatic amines is 1. The predicted octanol–water partition coefficient (Wildman–Crippen LogP) is 2.17. The Morgan fingerprint density at radius 2 is 2.22 bits per heavy atom. The minimum Gasteiger partial charge on any atom is -0.337 e. The van der Waals surface area contributed by atoms with Gasteiger partial charge in [-0.05, 0) is 18.3 Å². The van der Waals surface area contributed by atoms with Crippen LogP contribution in [0.5, 0.6) is 0 Å². The molecule has 0 amide bonds. The summed E-state index contributed by atoms with van der Waals surface area (Å²) >= 11 is 4.65. The van der Waals surface area contributed by atoms with E-state index < -0.39 is 0 Å². The molecule has 0 radical (unpaired) electrons. The van der Waals surface area contributed by atoms with Crippen molar-refractivity contribution in [1.82, 2.24) is 9.97 Å². The number of aromatic nitrogens is 2. The largest absolute Gasteiger partial charge is 0.337 e. The highest BCUT2D eigenvalue weighted by atomic mass is 32.1. The minimum atomic E-state index is 0.530. The molecule has 50 valence electrons. The Kier molecular flexibility index (Phi) is 5.01. The predicted molar refractivity (Wildman–Crippen MR) is 40.8 cm³/mol. The average molecular weight is 142 g/mol. The number of H-pyrrole nitrogens is 1. The second-order valence-electron chi connectivity index (χ2n) is 1.09. The topological polar surface area (TPSA) is 28.7 Å². The molecule has 0 aliphatic heterocycles. The molecule has 2 nitrogen and oxygen atoms in total. The molecule has 9 heavy (non-hydrogen) atoms. The summed E-state index contributed by atoms with van der Waals surface area (Å²) in [4.78, 5) is 6.47. The number of nitrogens with zero attached hydrogens (tertiary/aromatic N) is 1. The third-order valence-electron chi connectivity index (χ3n) is 0.581. The summed E-state index contributed by atoms with van der Waals surface area (Å²) in [6.45, 7) is 4.00. The fourth-order valence-electron chi connectivity index (χ4n) is 0.310. The van der Waals surface area contributed by atoms with Crippen LogP contribution in [0.4, 0.5) is 0 Å². The Labute approximate surface area is 60.0 Å². The molecule has 0 saturated carbocycles. The first-order chi connectivity index (χ1) is 4.39. The van der Waals surface area contributed by atoms with Crippen LogP contribution in [0.25, 0.3) is 0 Å². The Morgan fingerprint density at radius 3 is 2.44 bits per heavy atom. The minimum absolute atomic E-state index is 0.530. The van der Waals surface area contributed by atoms with E-state index >= 15 is 0 Å². The van der Waals surface area contributed by atoms with Gasteiger partial charge in [-0.1, -0.05) is 13.8 Å². The summed E-state index contributed by atoms with van der Waals surface area (Å²) in [6.07, 6.45) is 3.40. The van der Waals surface area contributed by atoms with Crippen LogP contribution in [0.15, 0.2) is 18.5 Å². The molecule has 1 heterocycles. The van der Waals surface area contributed by atoms with Crippen molar-refractivity contribution in [2.24, 2.45) is 0 Å². The van der Waals surface area contributed by atoms with Crippen LogP contribution in [0.2, 0.25) is 0 Å². The van der Waals surface area contributed by atoms with E-state index in [0.717, 1.165) is 0 Å². The van der Waals surface area contributed by atoms with Gasteiger partial charge in [-0.25, -0.2) is 4.98 Å². The maximum absolute atomic E-state index is 4.65. The quantitative estimate of drug-likeness (QED) is 0.562. The molecule has 0 aliphatic rings. The van der Waals surface area contributed by atoms with Crippen LogP contribution < -0.4 is 0 Å². The zero-order valence-electron chi connectivity index (χ0n) is 5.59. The lowest BCUT2D eigenvalue weighted by atomic mass is 10.7. The van der Waals surface area contributed by atoms with Gasteiger partial charge in [-0.15, -0.1) is 0 Å². The van der Waals surface area contributed by atoms with Crippen LogP contribution in [0, 0.1) is 4.77 Å². The maximum atomic E-state index is 4.65. The van der Waals surface area contributed by atoms with E-state index in [-0.39, 0.29) is 0 Å². The SMILES string of the molecule is CC.S=c1nccc[nH]1. The summed E-state index contributed by atoms with van der Waals surface area (Å²) in [7, 11) is 0. The smallest absolute Gasteiger partial charge is 0.196 e. The molecule has 0 aliphatic carbocycles. The molecular formula is C6H10N2S. The Bertz CT molecular complexity index is 177. The van der Waals surface area contributed by atoms with E-state index in [1.165, 1.54) is 0 Å². The van der Waals surface area contributed by atoms with Gasteiger partial charge in [0.25, 0.3) is 0 Å². The molecule has 1 rings (SSSR count). The van der Waals surface area contributed by atoms with Gasteiger partial charge in [0.15, 0.2) is 4.77 Å². The molecule has 3 heteroatoms. The molecule has 0 fully saturated rings. The first-order valence-corrected chi connectivity index (χ1v) is 3.30. The molecule has 0 unspecified atom stereocenters. The van der Waals surface area contributed by atoms with Crippen molar-refractivity contribution in [1.29, 1.82) is 0 Å². The van der Waals surface area contributed by atoms with Crippen molar-refractivity contribution < 1.29 is 0 Å². The zero-order valence-corrected chi connectivity index (χ0v) is 6.40. The second-order valence-corrected chi connectivity index (χ2v) is 1.47. The van der Waals surface area contributed by atoms with E-state index in [2.05, 4.69) is 22.2 Å². The Morgan fingerprint density at radius 1 is 1.56 bits per heavy atom. The number of hydrogen-bond acceptors (Lipinski definition) is 2. The molecule has 0 aromatic carbocycles. The van der Waals surface area contributed by atoms with Crippen LogP contribution in [0.3, 0.4) is 0 Å². The van der Waals surface area contributed by atoms with Crippen LogP contribution in [-0.2, 0) is 0 Å². The van der Waals surface area contributed by atoms with Gasteiger partial charge in [0.2, 0.25) is 0 Å². The van der Waals surface area contributed by atoms with Gasteiger partial charge in [0.05, 0.1) is 0 Å². The number of nitrogens with one attached hydrogen (secondary N) is 1. The number of rotatable bonds is 0. The first-order valence-electron chi connectivity index (χ1n) is 2.89. The van der Waals surface area contributed by atoms with Gasteiger partial charge in [0, 0.05) is 12.4 Å². The average Bonchev–Trinajstić information content (AvgIpc) is 1.94. The van der Waals surface area contributed by atoms with Crippen LogP contribution in [0.1, 0.15) is 13.8 Å². The number of hydrogen-bond donors (Lipinski definition) is 1. The normalized spacial score (nSPS) is 7.33. The fourth-order valence-corrected chi connectivity index (χ4v) is 0.439. The third kappa shape index (κ3) is 3.85. The summed E-state index contributed by atoms with van der Waals surface area (Å²) in [5.41, 5.74) is 0. The van der Waals surface area contributed by atoms with Crippen LogP contribution in [-0.4, -0.2) is 9.97 Å². The van der Waals surface area contributed by atoms with Gasteiger partial charge < -0.3 is 4.98 Å². The standard InChI is InChI=1S/C4H4N2S.C2H6/c7-4-5-2-1-3-6-4;1-2/h1-3H,(H,5,6,7);1-2H3. The van der Waals surface area contributed by atoms with Crippen molar-refractivity contribution in [2.45, 2.75) is 13.8 Å². The van der Waals surface area contributed by atoms with Crippen LogP contribution >= 0.6 is 12.2 Å². The summed E-state index contributed by atoms with van der Waals surface area (Å²) < 4.78 is 0.530. The molecule has 1 N–H and O–H groups in total. The molecule has 1 aromatic heterocycles. The highest BCUT2D eigenvalue weighted by molar-refractivity contribution is 7.71. The summed E-state index contributed by atoms with van der Waals surface area (Å²) in [6, 6.07) is 1.79. The lowest BCUT2D eigenvalue weighted by molar-refractivity contribution is 1.13. The lowest BCUT2D eigenvalue weighted by Gasteiger charge is -1.75. The van der Waals surface area contributed by atoms with Gasteiger partial charge >= 0.3 is 0 Å². The highest BCUT2D eigenvalue weighted by Gasteiger charge is 1.66. The summed E-state index contributed by atoms with van der Waals surface area (Å²) in [5.74, 6) is 0. The van der Waals surface area contributed by atoms with Gasteiger partial charge in [-0.2, -0.15) is 0 Å². The summed E-state index contributed by atoms with van der Waals surface area (Å²) in [5, 5.41) is 0. The molecule has 1 aromatic rings. The van der Waals surface area contributed by atoms with E-state index in [4.69, 9.17) is 0 Å². The van der Waals surface area contributed by atoms with E-state index in [1.54, 1.807) is 18.5 Å². The van der Waals surface area contributed by atoms with E-state index in [0.29, 0.717) is 4.77 Å². The Hall–Kier alpha value is -0.700.